The van der Waals surface area contributed by atoms with Gasteiger partial charge in [0.15, 0.2) is 5.65 Å². The summed E-state index contributed by atoms with van der Waals surface area (Å²) >= 11 is 0. The number of fused-ring (bicyclic) bond motifs is 1. The van der Waals surface area contributed by atoms with Gasteiger partial charge in [0, 0.05) is 31.4 Å². The molecule has 5 heteroatoms. The van der Waals surface area contributed by atoms with Gasteiger partial charge in [-0.15, -0.1) is 0 Å². The topological polar surface area (TPSA) is 45.5 Å². The highest BCUT2D eigenvalue weighted by atomic mass is 15.2. The van der Waals surface area contributed by atoms with Gasteiger partial charge < -0.3 is 10.2 Å². The SMILES string of the molecule is c1cc2nc(NCC3CCN(C4CC4)C3)ccn2n1. The molecular formula is C14H19N5. The molecule has 1 N–H and O–H groups in total. The molecule has 2 aromatic rings. The van der Waals surface area contributed by atoms with Crippen LogP contribution in [0.25, 0.3) is 5.65 Å². The second-order valence-corrected chi connectivity index (χ2v) is 5.71. The molecule has 100 valence electrons. The normalized spacial score (nSPS) is 24.1. The first-order chi connectivity index (χ1) is 9.38. The molecule has 1 aliphatic heterocycles. The third-order valence-corrected chi connectivity index (χ3v) is 4.21. The van der Waals surface area contributed by atoms with E-state index in [4.69, 9.17) is 0 Å². The van der Waals surface area contributed by atoms with Gasteiger partial charge in [0.25, 0.3) is 0 Å². The number of hydrogen-bond donors (Lipinski definition) is 1. The number of likely N-dealkylation sites (tertiary alicyclic amines) is 1. The molecule has 1 aliphatic carbocycles. The van der Waals surface area contributed by atoms with Crippen LogP contribution in [0.4, 0.5) is 5.82 Å². The van der Waals surface area contributed by atoms with Gasteiger partial charge in [-0.2, -0.15) is 5.10 Å². The van der Waals surface area contributed by atoms with Gasteiger partial charge in [0.2, 0.25) is 0 Å². The summed E-state index contributed by atoms with van der Waals surface area (Å²) < 4.78 is 1.79. The Morgan fingerprint density at radius 2 is 2.21 bits per heavy atom. The summed E-state index contributed by atoms with van der Waals surface area (Å²) in [6.45, 7) is 3.57. The second-order valence-electron chi connectivity index (χ2n) is 5.71. The first-order valence-electron chi connectivity index (χ1n) is 7.17. The molecule has 0 spiro atoms. The number of nitrogens with one attached hydrogen (secondary N) is 1. The Morgan fingerprint density at radius 1 is 1.26 bits per heavy atom. The number of nitrogens with zero attached hydrogens (tertiary/aromatic N) is 4. The van der Waals surface area contributed by atoms with Crippen LogP contribution in [-0.4, -0.2) is 45.2 Å². The number of hydrogen-bond acceptors (Lipinski definition) is 4. The highest BCUT2D eigenvalue weighted by Gasteiger charge is 2.34. The van der Waals surface area contributed by atoms with Crippen molar-refractivity contribution in [1.82, 2.24) is 19.5 Å². The van der Waals surface area contributed by atoms with Gasteiger partial charge in [-0.25, -0.2) is 9.50 Å². The standard InChI is InChI=1S/C14H19N5/c1-2-12(1)18-7-4-11(10-18)9-15-13-5-8-19-14(17-13)3-6-16-19/h3,5-6,8,11-12H,1-2,4,7,9-10H2,(H,15,17). The average molecular weight is 257 g/mol. The van der Waals surface area contributed by atoms with Crippen LogP contribution in [0.15, 0.2) is 24.5 Å². The summed E-state index contributed by atoms with van der Waals surface area (Å²) in [5, 5.41) is 7.62. The van der Waals surface area contributed by atoms with Crippen molar-refractivity contribution in [3.8, 4) is 0 Å². The van der Waals surface area contributed by atoms with Crippen LogP contribution in [0.2, 0.25) is 0 Å². The molecule has 5 nitrogen and oxygen atoms in total. The highest BCUT2D eigenvalue weighted by Crippen LogP contribution is 2.31. The Kier molecular flexibility index (Phi) is 2.65. The molecule has 4 rings (SSSR count). The predicted molar refractivity (Wildman–Crippen MR) is 74.2 cm³/mol. The third-order valence-electron chi connectivity index (χ3n) is 4.21. The fourth-order valence-electron chi connectivity index (χ4n) is 2.96. The van der Waals surface area contributed by atoms with E-state index in [1.54, 1.807) is 10.7 Å². The van der Waals surface area contributed by atoms with Crippen molar-refractivity contribution in [1.29, 1.82) is 0 Å². The van der Waals surface area contributed by atoms with Crippen LogP contribution in [0.3, 0.4) is 0 Å². The molecule has 2 aliphatic rings. The Bertz CT molecular complexity index is 574. The van der Waals surface area contributed by atoms with E-state index in [0.29, 0.717) is 0 Å². The van der Waals surface area contributed by atoms with Gasteiger partial charge in [0.1, 0.15) is 5.82 Å². The molecule has 0 radical (unpaired) electrons. The van der Waals surface area contributed by atoms with E-state index in [9.17, 15) is 0 Å². The maximum Gasteiger partial charge on any atom is 0.157 e. The Labute approximate surface area is 112 Å². The minimum absolute atomic E-state index is 0.767. The van der Waals surface area contributed by atoms with Crippen molar-refractivity contribution in [2.24, 2.45) is 5.92 Å². The molecule has 3 heterocycles. The fraction of sp³-hybridized carbons (Fsp3) is 0.571. The Hall–Kier alpha value is -1.62. The zero-order valence-corrected chi connectivity index (χ0v) is 11.0. The molecule has 0 bridgehead atoms. The maximum atomic E-state index is 4.54. The van der Waals surface area contributed by atoms with Crippen molar-refractivity contribution >= 4 is 11.5 Å². The third kappa shape index (κ3) is 2.30. The van der Waals surface area contributed by atoms with E-state index >= 15 is 0 Å². The fourth-order valence-corrected chi connectivity index (χ4v) is 2.96. The molecule has 2 aromatic heterocycles. The second kappa shape index (κ2) is 4.49. The number of rotatable bonds is 4. The van der Waals surface area contributed by atoms with Crippen LogP contribution in [-0.2, 0) is 0 Å². The lowest BCUT2D eigenvalue weighted by Gasteiger charge is -2.15. The molecule has 1 saturated heterocycles. The van der Waals surface area contributed by atoms with Crippen LogP contribution in [0.1, 0.15) is 19.3 Å². The lowest BCUT2D eigenvalue weighted by Crippen LogP contribution is -2.24. The molecule has 2 fully saturated rings. The van der Waals surface area contributed by atoms with Crippen LogP contribution in [0, 0.1) is 5.92 Å². The molecule has 0 aromatic carbocycles. The first kappa shape index (κ1) is 11.2. The minimum Gasteiger partial charge on any atom is -0.370 e. The number of anilines is 1. The van der Waals surface area contributed by atoms with Gasteiger partial charge >= 0.3 is 0 Å². The zero-order valence-electron chi connectivity index (χ0n) is 11.0. The van der Waals surface area contributed by atoms with Gasteiger partial charge in [-0.3, -0.25) is 0 Å². The lowest BCUT2D eigenvalue weighted by atomic mass is 10.1. The van der Waals surface area contributed by atoms with Crippen LogP contribution < -0.4 is 5.32 Å². The van der Waals surface area contributed by atoms with Crippen molar-refractivity contribution in [3.05, 3.63) is 24.5 Å². The van der Waals surface area contributed by atoms with E-state index < -0.39 is 0 Å². The maximum absolute atomic E-state index is 4.54. The molecule has 1 saturated carbocycles. The largest absolute Gasteiger partial charge is 0.370 e. The highest BCUT2D eigenvalue weighted by molar-refractivity contribution is 5.45. The van der Waals surface area contributed by atoms with Crippen molar-refractivity contribution in [3.63, 3.8) is 0 Å². The summed E-state index contributed by atoms with van der Waals surface area (Å²) in [6, 6.07) is 4.83. The lowest BCUT2D eigenvalue weighted by molar-refractivity contribution is 0.316. The van der Waals surface area contributed by atoms with E-state index in [1.807, 2.05) is 18.3 Å². The summed E-state index contributed by atoms with van der Waals surface area (Å²) in [6.07, 6.45) is 7.88. The molecule has 19 heavy (non-hydrogen) atoms. The van der Waals surface area contributed by atoms with Crippen molar-refractivity contribution in [2.75, 3.05) is 25.0 Å². The smallest absolute Gasteiger partial charge is 0.157 e. The summed E-state index contributed by atoms with van der Waals surface area (Å²) in [4.78, 5) is 7.19. The first-order valence-corrected chi connectivity index (χ1v) is 7.17. The van der Waals surface area contributed by atoms with E-state index in [2.05, 4.69) is 20.3 Å². The van der Waals surface area contributed by atoms with E-state index in [1.165, 1.54) is 32.4 Å². The van der Waals surface area contributed by atoms with Crippen molar-refractivity contribution in [2.45, 2.75) is 25.3 Å². The van der Waals surface area contributed by atoms with Crippen molar-refractivity contribution < 1.29 is 0 Å². The minimum atomic E-state index is 0.767. The quantitative estimate of drug-likeness (QED) is 0.904. The predicted octanol–water partition coefficient (Wildman–Crippen LogP) is 1.63. The summed E-state index contributed by atoms with van der Waals surface area (Å²) in [5.74, 6) is 1.72. The molecular weight excluding hydrogens is 238 g/mol. The number of aromatic nitrogens is 3. The monoisotopic (exact) mass is 257 g/mol. The Morgan fingerprint density at radius 3 is 3.11 bits per heavy atom. The van der Waals surface area contributed by atoms with Gasteiger partial charge in [-0.1, -0.05) is 0 Å². The molecule has 0 amide bonds. The van der Waals surface area contributed by atoms with Gasteiger partial charge in [-0.05, 0) is 37.8 Å². The average Bonchev–Trinajstić information content (AvgIpc) is 3.01. The van der Waals surface area contributed by atoms with E-state index in [0.717, 1.165) is 30.0 Å². The van der Waals surface area contributed by atoms with Crippen LogP contribution in [0.5, 0.6) is 0 Å². The van der Waals surface area contributed by atoms with Crippen LogP contribution >= 0.6 is 0 Å². The zero-order chi connectivity index (χ0) is 12.7. The summed E-state index contributed by atoms with van der Waals surface area (Å²) in [7, 11) is 0. The van der Waals surface area contributed by atoms with E-state index in [-0.39, 0.29) is 0 Å². The molecule has 1 atom stereocenters. The molecule has 1 unspecified atom stereocenters. The summed E-state index contributed by atoms with van der Waals surface area (Å²) in [5.41, 5.74) is 0.899. The van der Waals surface area contributed by atoms with Gasteiger partial charge in [0.05, 0.1) is 6.20 Å². The Balaban J connectivity index is 1.36.